The van der Waals surface area contributed by atoms with Crippen LogP contribution in [0.5, 0.6) is 17.2 Å². The molecule has 1 amide bonds. The van der Waals surface area contributed by atoms with Crippen molar-refractivity contribution in [2.24, 2.45) is 0 Å². The van der Waals surface area contributed by atoms with Gasteiger partial charge in [0.2, 0.25) is 6.79 Å². The molecule has 0 bridgehead atoms. The smallest absolute Gasteiger partial charge is 0.255 e. The molecule has 3 heterocycles. The van der Waals surface area contributed by atoms with Crippen LogP contribution in [0.1, 0.15) is 28.6 Å². The van der Waals surface area contributed by atoms with Crippen LogP contribution in [0.15, 0.2) is 59.2 Å². The lowest BCUT2D eigenvalue weighted by Gasteiger charge is -2.24. The number of rotatable bonds is 7. The number of carbonyl (C=O) groups excluding carboxylic acids is 1. The van der Waals surface area contributed by atoms with Gasteiger partial charge >= 0.3 is 0 Å². The lowest BCUT2D eigenvalue weighted by molar-refractivity contribution is 0.0945. The van der Waals surface area contributed by atoms with Crippen LogP contribution in [0.25, 0.3) is 0 Å². The largest absolute Gasteiger partial charge is 0.492 e. The Morgan fingerprint density at radius 3 is 2.97 bits per heavy atom. The molecule has 31 heavy (non-hydrogen) atoms. The number of ether oxygens (including phenoxy) is 3. The second-order valence-electron chi connectivity index (χ2n) is 7.69. The van der Waals surface area contributed by atoms with Crippen molar-refractivity contribution in [1.29, 1.82) is 0 Å². The van der Waals surface area contributed by atoms with Gasteiger partial charge in [-0.2, -0.15) is 0 Å². The molecule has 2 aromatic carbocycles. The summed E-state index contributed by atoms with van der Waals surface area (Å²) in [5.74, 6) is 2.55. The Morgan fingerprint density at radius 2 is 2.03 bits per heavy atom. The van der Waals surface area contributed by atoms with Crippen LogP contribution >= 0.6 is 0 Å². The van der Waals surface area contributed by atoms with E-state index in [0.29, 0.717) is 54.3 Å². The van der Waals surface area contributed by atoms with Gasteiger partial charge in [-0.1, -0.05) is 18.2 Å². The molecule has 1 N–H and O–H groups in total. The van der Waals surface area contributed by atoms with E-state index >= 15 is 0 Å². The molecule has 0 saturated carbocycles. The summed E-state index contributed by atoms with van der Waals surface area (Å²) in [5, 5.41) is 2.90. The maximum absolute atomic E-state index is 12.7. The predicted molar refractivity (Wildman–Crippen MR) is 115 cm³/mol. The third-order valence-electron chi connectivity index (χ3n) is 5.65. The molecule has 0 spiro atoms. The van der Waals surface area contributed by atoms with Gasteiger partial charge in [0, 0.05) is 17.8 Å². The highest BCUT2D eigenvalue weighted by atomic mass is 16.7. The number of amides is 1. The van der Waals surface area contributed by atoms with Crippen molar-refractivity contribution in [2.45, 2.75) is 25.9 Å². The summed E-state index contributed by atoms with van der Waals surface area (Å²) in [5.41, 5.74) is 3.09. The van der Waals surface area contributed by atoms with E-state index in [1.807, 2.05) is 18.2 Å². The minimum Gasteiger partial charge on any atom is -0.492 e. The number of hydrogen-bond acceptors (Lipinski definition) is 6. The zero-order valence-corrected chi connectivity index (χ0v) is 17.3. The highest BCUT2D eigenvalue weighted by Gasteiger charge is 2.28. The molecule has 160 valence electrons. The van der Waals surface area contributed by atoms with Crippen LogP contribution in [0, 0.1) is 0 Å². The summed E-state index contributed by atoms with van der Waals surface area (Å²) in [6.45, 7) is 3.69. The molecular weight excluding hydrogens is 396 g/mol. The second kappa shape index (κ2) is 8.26. The van der Waals surface area contributed by atoms with Crippen LogP contribution in [0.2, 0.25) is 0 Å². The van der Waals surface area contributed by atoms with Crippen molar-refractivity contribution in [2.75, 3.05) is 24.8 Å². The maximum atomic E-state index is 12.7. The fourth-order valence-electron chi connectivity index (χ4n) is 4.09. The summed E-state index contributed by atoms with van der Waals surface area (Å²) in [6.07, 6.45) is 2.57. The summed E-state index contributed by atoms with van der Waals surface area (Å²) in [4.78, 5) is 15.0. The van der Waals surface area contributed by atoms with Crippen molar-refractivity contribution in [3.8, 4) is 17.2 Å². The lowest BCUT2D eigenvalue weighted by atomic mass is 10.1. The number of nitrogens with one attached hydrogen (secondary N) is 1. The van der Waals surface area contributed by atoms with E-state index < -0.39 is 0 Å². The Bertz CT molecular complexity index is 1090. The quantitative estimate of drug-likeness (QED) is 0.587. The molecule has 7 heteroatoms. The number of nitrogens with zero attached hydrogens (tertiary/aromatic N) is 1. The molecule has 1 unspecified atom stereocenters. The third-order valence-corrected chi connectivity index (χ3v) is 5.65. The monoisotopic (exact) mass is 420 g/mol. The normalized spacial score (nSPS) is 16.3. The number of furan rings is 1. The third kappa shape index (κ3) is 3.91. The van der Waals surface area contributed by atoms with Crippen molar-refractivity contribution in [3.05, 3.63) is 71.7 Å². The summed E-state index contributed by atoms with van der Waals surface area (Å²) in [7, 11) is 0. The predicted octanol–water partition coefficient (Wildman–Crippen LogP) is 3.77. The maximum Gasteiger partial charge on any atom is 0.255 e. The molecule has 0 saturated heterocycles. The minimum absolute atomic E-state index is 0.168. The van der Waals surface area contributed by atoms with Gasteiger partial charge in [-0.05, 0) is 43.2 Å². The highest BCUT2D eigenvalue weighted by molar-refractivity contribution is 5.95. The summed E-state index contributed by atoms with van der Waals surface area (Å²) in [6, 6.07) is 15.9. The zero-order valence-electron chi connectivity index (χ0n) is 17.3. The summed E-state index contributed by atoms with van der Waals surface area (Å²) >= 11 is 0. The van der Waals surface area contributed by atoms with Gasteiger partial charge in [0.1, 0.15) is 18.1 Å². The Morgan fingerprint density at radius 1 is 1.16 bits per heavy atom. The van der Waals surface area contributed by atoms with Gasteiger partial charge in [-0.25, -0.2) is 0 Å². The minimum atomic E-state index is -0.168. The Hall–Kier alpha value is -3.61. The van der Waals surface area contributed by atoms with Crippen LogP contribution in [-0.4, -0.2) is 31.9 Å². The zero-order chi connectivity index (χ0) is 21.2. The van der Waals surface area contributed by atoms with E-state index in [1.54, 1.807) is 18.4 Å². The Kier molecular flexibility index (Phi) is 5.16. The standard InChI is InChI=1S/C24H24N2O5/c1-16-12-17-4-2-3-5-20(17)26(16)14-23-19(8-10-29-23)24(27)25-9-11-28-18-6-7-21-22(13-18)31-15-30-21/h2-8,10,13,16H,9,11-12,14-15H2,1H3,(H,25,27). The first kappa shape index (κ1) is 19.4. The number of fused-ring (bicyclic) bond motifs is 2. The fraction of sp³-hybridized carbons (Fsp3) is 0.292. The van der Waals surface area contributed by atoms with Crippen molar-refractivity contribution in [1.82, 2.24) is 5.32 Å². The lowest BCUT2D eigenvalue weighted by Crippen LogP contribution is -2.31. The number of hydrogen-bond donors (Lipinski definition) is 1. The molecule has 1 atom stereocenters. The molecule has 0 aliphatic carbocycles. The van der Waals surface area contributed by atoms with Gasteiger partial charge < -0.3 is 28.8 Å². The van der Waals surface area contributed by atoms with E-state index in [2.05, 4.69) is 35.3 Å². The van der Waals surface area contributed by atoms with Crippen LogP contribution in [0.3, 0.4) is 0 Å². The number of benzene rings is 2. The van der Waals surface area contributed by atoms with E-state index in [1.165, 1.54) is 11.3 Å². The van der Waals surface area contributed by atoms with Crippen molar-refractivity contribution < 1.29 is 23.4 Å². The van der Waals surface area contributed by atoms with E-state index in [-0.39, 0.29) is 12.7 Å². The van der Waals surface area contributed by atoms with Crippen LogP contribution < -0.4 is 24.4 Å². The highest BCUT2D eigenvalue weighted by Crippen LogP contribution is 2.35. The van der Waals surface area contributed by atoms with Gasteiger partial charge in [0.15, 0.2) is 11.5 Å². The SMILES string of the molecule is CC1Cc2ccccc2N1Cc1occc1C(=O)NCCOc1ccc2c(c1)OCO2. The molecule has 0 radical (unpaired) electrons. The molecule has 3 aromatic rings. The number of anilines is 1. The molecular formula is C24H24N2O5. The topological polar surface area (TPSA) is 73.2 Å². The Labute approximate surface area is 180 Å². The first-order valence-electron chi connectivity index (χ1n) is 10.4. The van der Waals surface area contributed by atoms with Crippen LogP contribution in [-0.2, 0) is 13.0 Å². The average Bonchev–Trinajstić information content (AvgIpc) is 3.50. The van der Waals surface area contributed by atoms with Crippen LogP contribution in [0.4, 0.5) is 5.69 Å². The van der Waals surface area contributed by atoms with Gasteiger partial charge in [0.25, 0.3) is 5.91 Å². The Balaban J connectivity index is 1.16. The first-order valence-corrected chi connectivity index (χ1v) is 10.4. The number of para-hydroxylation sites is 1. The first-order chi connectivity index (χ1) is 15.2. The van der Waals surface area contributed by atoms with E-state index in [0.717, 1.165) is 6.42 Å². The van der Waals surface area contributed by atoms with Gasteiger partial charge in [-0.15, -0.1) is 0 Å². The molecule has 0 fully saturated rings. The molecule has 2 aliphatic heterocycles. The van der Waals surface area contributed by atoms with Gasteiger partial charge in [-0.3, -0.25) is 4.79 Å². The van der Waals surface area contributed by atoms with E-state index in [4.69, 9.17) is 18.6 Å². The van der Waals surface area contributed by atoms with E-state index in [9.17, 15) is 4.79 Å². The van der Waals surface area contributed by atoms with Crippen molar-refractivity contribution >= 4 is 11.6 Å². The molecule has 5 rings (SSSR count). The number of carbonyl (C=O) groups is 1. The molecule has 1 aromatic heterocycles. The second-order valence-corrected chi connectivity index (χ2v) is 7.69. The van der Waals surface area contributed by atoms with Crippen molar-refractivity contribution in [3.63, 3.8) is 0 Å². The average molecular weight is 420 g/mol. The molecule has 2 aliphatic rings. The fourth-order valence-corrected chi connectivity index (χ4v) is 4.09. The van der Waals surface area contributed by atoms with Gasteiger partial charge in [0.05, 0.1) is 24.9 Å². The molecule has 7 nitrogen and oxygen atoms in total. The summed E-state index contributed by atoms with van der Waals surface area (Å²) < 4.78 is 22.0.